The van der Waals surface area contributed by atoms with Gasteiger partial charge in [0.05, 0.1) is 5.41 Å². The van der Waals surface area contributed by atoms with Crippen molar-refractivity contribution in [3.63, 3.8) is 0 Å². The standard InChI is InChI=1S/C26H19I/c1-3-4-9-19-17(2)26(23-12-7-5-10-20(19)23)24-13-8-6-11-21(24)22-15-14-18(27)16-25(22)26/h3-16H,1H2,2H3/b9-4-. The minimum atomic E-state index is -0.204. The maximum absolute atomic E-state index is 3.86. The summed E-state index contributed by atoms with van der Waals surface area (Å²) in [6.07, 6.45) is 6.11. The SMILES string of the molecule is C=C/C=C\C1=C(C)C2(c3ccccc31)c1ccccc1-c1ccc(I)cc12. The molecule has 0 aliphatic heterocycles. The first-order chi connectivity index (χ1) is 13.2. The zero-order chi connectivity index (χ0) is 18.6. The molecule has 0 amide bonds. The lowest BCUT2D eigenvalue weighted by Gasteiger charge is -2.31. The first kappa shape index (κ1) is 16.8. The van der Waals surface area contributed by atoms with E-state index in [0.717, 1.165) is 0 Å². The van der Waals surface area contributed by atoms with Crippen molar-refractivity contribution >= 4 is 28.2 Å². The van der Waals surface area contributed by atoms with Crippen LogP contribution in [0.15, 0.2) is 97.1 Å². The Hall–Kier alpha value is -2.39. The predicted molar refractivity (Wildman–Crippen MR) is 123 cm³/mol. The number of hydrogen-bond donors (Lipinski definition) is 0. The molecule has 0 nitrogen and oxygen atoms in total. The van der Waals surface area contributed by atoms with E-state index in [9.17, 15) is 0 Å². The van der Waals surface area contributed by atoms with E-state index >= 15 is 0 Å². The summed E-state index contributed by atoms with van der Waals surface area (Å²) in [7, 11) is 0. The average molecular weight is 458 g/mol. The van der Waals surface area contributed by atoms with Gasteiger partial charge >= 0.3 is 0 Å². The van der Waals surface area contributed by atoms with Crippen LogP contribution >= 0.6 is 22.6 Å². The van der Waals surface area contributed by atoms with Crippen molar-refractivity contribution in [1.29, 1.82) is 0 Å². The first-order valence-electron chi connectivity index (χ1n) is 9.20. The first-order valence-corrected chi connectivity index (χ1v) is 10.3. The van der Waals surface area contributed by atoms with Gasteiger partial charge in [-0.2, -0.15) is 0 Å². The highest BCUT2D eigenvalue weighted by atomic mass is 127. The number of rotatable bonds is 2. The summed E-state index contributed by atoms with van der Waals surface area (Å²) in [5.41, 5.74) is 10.7. The van der Waals surface area contributed by atoms with Crippen LogP contribution in [0.4, 0.5) is 0 Å². The van der Waals surface area contributed by atoms with E-state index in [2.05, 4.69) is 109 Å². The maximum Gasteiger partial charge on any atom is 0.0686 e. The molecule has 27 heavy (non-hydrogen) atoms. The van der Waals surface area contributed by atoms with Crippen molar-refractivity contribution in [2.24, 2.45) is 0 Å². The molecule has 5 rings (SSSR count). The summed E-state index contributed by atoms with van der Waals surface area (Å²) < 4.78 is 1.28. The van der Waals surface area contributed by atoms with E-state index in [4.69, 9.17) is 0 Å². The van der Waals surface area contributed by atoms with Crippen molar-refractivity contribution in [1.82, 2.24) is 0 Å². The zero-order valence-electron chi connectivity index (χ0n) is 15.2. The molecule has 1 heteroatoms. The molecule has 3 aromatic carbocycles. The molecular weight excluding hydrogens is 439 g/mol. The highest BCUT2D eigenvalue weighted by Gasteiger charge is 2.50. The van der Waals surface area contributed by atoms with Crippen LogP contribution in [0, 0.1) is 3.57 Å². The minimum Gasteiger partial charge on any atom is -0.0991 e. The van der Waals surface area contributed by atoms with Crippen molar-refractivity contribution in [3.05, 3.63) is 123 Å². The summed E-state index contributed by atoms with van der Waals surface area (Å²) in [5, 5.41) is 0. The van der Waals surface area contributed by atoms with Gasteiger partial charge in [-0.15, -0.1) is 0 Å². The molecule has 1 atom stereocenters. The van der Waals surface area contributed by atoms with Crippen LogP contribution in [-0.4, -0.2) is 0 Å². The normalized spacial score (nSPS) is 19.5. The molecule has 0 N–H and O–H groups in total. The Balaban J connectivity index is 1.97. The molecule has 1 unspecified atom stereocenters. The Morgan fingerprint density at radius 2 is 1.44 bits per heavy atom. The fraction of sp³-hybridized carbons (Fsp3) is 0.0769. The van der Waals surface area contributed by atoms with Gasteiger partial charge in [0.25, 0.3) is 0 Å². The molecule has 130 valence electrons. The Morgan fingerprint density at radius 1 is 0.815 bits per heavy atom. The number of hydrogen-bond acceptors (Lipinski definition) is 0. The van der Waals surface area contributed by atoms with Gasteiger partial charge in [-0.05, 0) is 86.2 Å². The van der Waals surface area contributed by atoms with Crippen molar-refractivity contribution in [3.8, 4) is 11.1 Å². The minimum absolute atomic E-state index is 0.204. The molecule has 0 saturated heterocycles. The smallest absolute Gasteiger partial charge is 0.0686 e. The second-order valence-electron chi connectivity index (χ2n) is 7.16. The average Bonchev–Trinajstić information content (AvgIpc) is 3.12. The predicted octanol–water partition coefficient (Wildman–Crippen LogP) is 7.14. The summed E-state index contributed by atoms with van der Waals surface area (Å²) in [4.78, 5) is 0. The Bertz CT molecular complexity index is 1160. The molecule has 2 aliphatic carbocycles. The number of benzene rings is 3. The zero-order valence-corrected chi connectivity index (χ0v) is 17.3. The fourth-order valence-electron chi connectivity index (χ4n) is 4.98. The van der Waals surface area contributed by atoms with E-state index in [1.807, 2.05) is 12.2 Å². The Morgan fingerprint density at radius 3 is 2.19 bits per heavy atom. The van der Waals surface area contributed by atoms with Gasteiger partial charge in [0, 0.05) is 3.57 Å². The summed E-state index contributed by atoms with van der Waals surface area (Å²) >= 11 is 2.43. The van der Waals surface area contributed by atoms with Crippen LogP contribution < -0.4 is 0 Å². The number of fused-ring (bicyclic) bond motifs is 7. The molecule has 0 aromatic heterocycles. The van der Waals surface area contributed by atoms with E-state index in [0.29, 0.717) is 0 Å². The number of halogens is 1. The highest BCUT2D eigenvalue weighted by molar-refractivity contribution is 14.1. The molecule has 0 bridgehead atoms. The highest BCUT2D eigenvalue weighted by Crippen LogP contribution is 2.61. The third-order valence-corrected chi connectivity index (χ3v) is 6.66. The third kappa shape index (κ3) is 2.09. The van der Waals surface area contributed by atoms with Crippen LogP contribution in [0.1, 0.15) is 29.2 Å². The quantitative estimate of drug-likeness (QED) is 0.283. The van der Waals surface area contributed by atoms with Gasteiger partial charge in [-0.25, -0.2) is 0 Å². The number of allylic oxidation sites excluding steroid dienone is 5. The lowest BCUT2D eigenvalue weighted by atomic mass is 9.70. The van der Waals surface area contributed by atoms with Crippen LogP contribution in [-0.2, 0) is 5.41 Å². The van der Waals surface area contributed by atoms with Crippen molar-refractivity contribution in [2.45, 2.75) is 12.3 Å². The fourth-order valence-corrected chi connectivity index (χ4v) is 5.47. The molecular formula is C26H19I. The molecule has 0 fully saturated rings. The third-order valence-electron chi connectivity index (χ3n) is 5.99. The lowest BCUT2D eigenvalue weighted by Crippen LogP contribution is -2.26. The molecule has 2 aliphatic rings. The van der Waals surface area contributed by atoms with E-state index in [1.165, 1.54) is 48.1 Å². The lowest BCUT2D eigenvalue weighted by molar-refractivity contribution is 0.766. The van der Waals surface area contributed by atoms with Gasteiger partial charge in [-0.3, -0.25) is 0 Å². The van der Waals surface area contributed by atoms with Crippen molar-refractivity contribution < 1.29 is 0 Å². The molecule has 0 saturated carbocycles. The Labute approximate surface area is 174 Å². The second-order valence-corrected chi connectivity index (χ2v) is 8.41. The monoisotopic (exact) mass is 458 g/mol. The molecule has 1 spiro atoms. The van der Waals surface area contributed by atoms with Gasteiger partial charge in [0.2, 0.25) is 0 Å². The second kappa shape index (κ2) is 6.07. The summed E-state index contributed by atoms with van der Waals surface area (Å²) in [5.74, 6) is 0. The van der Waals surface area contributed by atoms with E-state index in [1.54, 1.807) is 0 Å². The van der Waals surface area contributed by atoms with Gasteiger partial charge < -0.3 is 0 Å². The van der Waals surface area contributed by atoms with Gasteiger partial charge in [-0.1, -0.05) is 79.4 Å². The van der Waals surface area contributed by atoms with E-state index in [-0.39, 0.29) is 5.41 Å². The van der Waals surface area contributed by atoms with Crippen LogP contribution in [0.25, 0.3) is 16.7 Å². The molecule has 0 heterocycles. The van der Waals surface area contributed by atoms with Gasteiger partial charge in [0.1, 0.15) is 0 Å². The van der Waals surface area contributed by atoms with Crippen LogP contribution in [0.3, 0.4) is 0 Å². The summed E-state index contributed by atoms with van der Waals surface area (Å²) in [6.45, 7) is 6.16. The van der Waals surface area contributed by atoms with E-state index < -0.39 is 0 Å². The topological polar surface area (TPSA) is 0 Å². The summed E-state index contributed by atoms with van der Waals surface area (Å²) in [6, 6.07) is 24.6. The molecule has 3 aromatic rings. The Kier molecular flexibility index (Phi) is 3.76. The van der Waals surface area contributed by atoms with Crippen molar-refractivity contribution in [2.75, 3.05) is 0 Å². The largest absolute Gasteiger partial charge is 0.0991 e. The van der Waals surface area contributed by atoms with Crippen LogP contribution in [0.2, 0.25) is 0 Å². The van der Waals surface area contributed by atoms with Crippen LogP contribution in [0.5, 0.6) is 0 Å². The molecule has 0 radical (unpaired) electrons. The maximum atomic E-state index is 3.86. The van der Waals surface area contributed by atoms with Gasteiger partial charge in [0.15, 0.2) is 0 Å².